The van der Waals surface area contributed by atoms with Crippen molar-refractivity contribution in [2.75, 3.05) is 18.1 Å². The molecule has 0 aromatic carbocycles. The van der Waals surface area contributed by atoms with Crippen LogP contribution in [-0.4, -0.2) is 45.1 Å². The molecular formula is C19H19N5O4S. The molecule has 1 saturated heterocycles. The third-order valence-corrected chi connectivity index (χ3v) is 5.27. The Kier molecular flexibility index (Phi) is 5.89. The Balaban J connectivity index is 1.19. The van der Waals surface area contributed by atoms with E-state index in [1.165, 1.54) is 11.3 Å². The van der Waals surface area contributed by atoms with Crippen LogP contribution in [-0.2, 0) is 27.2 Å². The molecule has 1 amide bonds. The molecular weight excluding hydrogens is 394 g/mol. The zero-order valence-corrected chi connectivity index (χ0v) is 16.4. The molecule has 0 unspecified atom stereocenters. The molecule has 0 saturated carbocycles. The van der Waals surface area contributed by atoms with E-state index in [1.54, 1.807) is 28.7 Å². The van der Waals surface area contributed by atoms with Crippen molar-refractivity contribution in [3.05, 3.63) is 41.5 Å². The summed E-state index contributed by atoms with van der Waals surface area (Å²) in [6.45, 7) is 0.944. The van der Waals surface area contributed by atoms with Crippen molar-refractivity contribution in [2.45, 2.75) is 32.1 Å². The van der Waals surface area contributed by atoms with Gasteiger partial charge in [0.2, 0.25) is 17.6 Å². The van der Waals surface area contributed by atoms with Crippen molar-refractivity contribution in [1.82, 2.24) is 20.1 Å². The summed E-state index contributed by atoms with van der Waals surface area (Å²) in [4.78, 5) is 38.2. The van der Waals surface area contributed by atoms with Crippen molar-refractivity contribution >= 4 is 28.3 Å². The van der Waals surface area contributed by atoms with Gasteiger partial charge in [0.1, 0.15) is 0 Å². The maximum Gasteiger partial charge on any atom is 0.311 e. The number of hydrogen-bond acceptors (Lipinski definition) is 9. The maximum absolute atomic E-state index is 12.0. The highest BCUT2D eigenvalue weighted by Gasteiger charge is 2.24. The van der Waals surface area contributed by atoms with E-state index in [1.807, 2.05) is 6.07 Å². The minimum Gasteiger partial charge on any atom is -0.465 e. The molecule has 1 aliphatic rings. The molecule has 0 aliphatic carbocycles. The first-order valence-corrected chi connectivity index (χ1v) is 10.2. The zero-order chi connectivity index (χ0) is 20.1. The Bertz CT molecular complexity index is 987. The lowest BCUT2D eigenvalue weighted by atomic mass is 10.3. The van der Waals surface area contributed by atoms with Crippen molar-refractivity contribution in [2.24, 2.45) is 0 Å². The summed E-state index contributed by atoms with van der Waals surface area (Å²) in [7, 11) is 0. The Labute approximate surface area is 170 Å². The molecule has 9 nitrogen and oxygen atoms in total. The number of carbonyl (C=O) groups is 2. The molecule has 1 aliphatic heterocycles. The number of anilines is 1. The number of carbonyl (C=O) groups excluding carboxylic acids is 2. The van der Waals surface area contributed by atoms with Gasteiger partial charge in [-0.25, -0.2) is 4.98 Å². The Morgan fingerprint density at radius 2 is 2.28 bits per heavy atom. The maximum atomic E-state index is 12.0. The lowest BCUT2D eigenvalue weighted by Crippen LogP contribution is -2.23. The highest BCUT2D eigenvalue weighted by Crippen LogP contribution is 2.25. The fourth-order valence-electron chi connectivity index (χ4n) is 2.93. The molecule has 0 N–H and O–H groups in total. The van der Waals surface area contributed by atoms with Gasteiger partial charge in [0.25, 0.3) is 0 Å². The van der Waals surface area contributed by atoms with Gasteiger partial charge in [-0.15, -0.1) is 11.3 Å². The summed E-state index contributed by atoms with van der Waals surface area (Å²) < 4.78 is 10.5. The Hall–Kier alpha value is -3.14. The van der Waals surface area contributed by atoms with Crippen LogP contribution in [0.25, 0.3) is 11.4 Å². The molecule has 0 bridgehead atoms. The number of nitrogens with zero attached hydrogens (tertiary/aromatic N) is 5. The fraction of sp³-hybridized carbons (Fsp3) is 0.368. The SMILES string of the molecule is O=C(Cc1csc(N2CCCC2=O)n1)OCCCc1nc(-c2cccnc2)no1. The minimum atomic E-state index is -0.351. The quantitative estimate of drug-likeness (QED) is 0.409. The van der Waals surface area contributed by atoms with Crippen molar-refractivity contribution in [3.8, 4) is 11.4 Å². The van der Waals surface area contributed by atoms with Gasteiger partial charge in [-0.05, 0) is 25.0 Å². The molecule has 3 aromatic heterocycles. The Morgan fingerprint density at radius 1 is 1.34 bits per heavy atom. The number of pyridine rings is 1. The molecule has 0 atom stereocenters. The number of aromatic nitrogens is 4. The van der Waals surface area contributed by atoms with Crippen LogP contribution in [0.5, 0.6) is 0 Å². The van der Waals surface area contributed by atoms with Crippen LogP contribution in [0.2, 0.25) is 0 Å². The number of rotatable bonds is 8. The highest BCUT2D eigenvalue weighted by molar-refractivity contribution is 7.14. The molecule has 1 fully saturated rings. The van der Waals surface area contributed by atoms with Crippen LogP contribution < -0.4 is 4.90 Å². The van der Waals surface area contributed by atoms with Gasteiger partial charge in [0.15, 0.2) is 5.13 Å². The van der Waals surface area contributed by atoms with Crippen molar-refractivity contribution < 1.29 is 18.8 Å². The standard InChI is InChI=1S/C19H19N5O4S/c25-16-6-2-8-24(16)19-21-14(12-29-19)10-17(26)27-9-3-5-15-22-18(23-28-15)13-4-1-7-20-11-13/h1,4,7,11-12H,2-3,5-6,8-10H2. The van der Waals surface area contributed by atoms with Gasteiger partial charge < -0.3 is 9.26 Å². The molecule has 10 heteroatoms. The number of hydrogen-bond donors (Lipinski definition) is 0. The largest absolute Gasteiger partial charge is 0.465 e. The summed E-state index contributed by atoms with van der Waals surface area (Å²) in [5.74, 6) is 0.706. The van der Waals surface area contributed by atoms with Gasteiger partial charge >= 0.3 is 5.97 Å². The summed E-state index contributed by atoms with van der Waals surface area (Å²) >= 11 is 1.37. The van der Waals surface area contributed by atoms with Crippen molar-refractivity contribution in [3.63, 3.8) is 0 Å². The van der Waals surface area contributed by atoms with Gasteiger partial charge in [0.05, 0.1) is 18.7 Å². The topological polar surface area (TPSA) is 111 Å². The average Bonchev–Trinajstić information content (AvgIpc) is 3.47. The highest BCUT2D eigenvalue weighted by atomic mass is 32.1. The van der Waals surface area contributed by atoms with Crippen LogP contribution >= 0.6 is 11.3 Å². The van der Waals surface area contributed by atoms with Gasteiger partial charge in [-0.2, -0.15) is 4.98 Å². The van der Waals surface area contributed by atoms with Crippen LogP contribution in [0.15, 0.2) is 34.4 Å². The van der Waals surface area contributed by atoms with E-state index >= 15 is 0 Å². The second kappa shape index (κ2) is 8.91. The van der Waals surface area contributed by atoms with Crippen LogP contribution in [0.1, 0.15) is 30.8 Å². The van der Waals surface area contributed by atoms with Crippen LogP contribution in [0.4, 0.5) is 5.13 Å². The molecule has 29 heavy (non-hydrogen) atoms. The van der Waals surface area contributed by atoms with Crippen LogP contribution in [0.3, 0.4) is 0 Å². The Morgan fingerprint density at radius 3 is 3.07 bits per heavy atom. The smallest absolute Gasteiger partial charge is 0.311 e. The number of esters is 1. The lowest BCUT2D eigenvalue weighted by Gasteiger charge is -2.10. The predicted molar refractivity (Wildman–Crippen MR) is 104 cm³/mol. The van der Waals surface area contributed by atoms with E-state index in [9.17, 15) is 9.59 Å². The van der Waals surface area contributed by atoms with Gasteiger partial charge in [-0.1, -0.05) is 5.16 Å². The molecule has 0 radical (unpaired) electrons. The first kappa shape index (κ1) is 19.2. The normalized spacial score (nSPS) is 13.8. The zero-order valence-electron chi connectivity index (χ0n) is 15.6. The second-order valence-corrected chi connectivity index (χ2v) is 7.36. The fourth-order valence-corrected chi connectivity index (χ4v) is 3.80. The van der Waals surface area contributed by atoms with E-state index in [0.29, 0.717) is 48.3 Å². The molecule has 4 heterocycles. The lowest BCUT2D eigenvalue weighted by molar-refractivity contribution is -0.143. The monoisotopic (exact) mass is 413 g/mol. The van der Waals surface area contributed by atoms with E-state index < -0.39 is 0 Å². The third kappa shape index (κ3) is 4.83. The van der Waals surface area contributed by atoms with Gasteiger partial charge in [0, 0.05) is 42.7 Å². The number of amides is 1. The van der Waals surface area contributed by atoms with Crippen LogP contribution in [0, 0.1) is 0 Å². The van der Waals surface area contributed by atoms with Crippen molar-refractivity contribution in [1.29, 1.82) is 0 Å². The first-order chi connectivity index (χ1) is 14.2. The summed E-state index contributed by atoms with van der Waals surface area (Å²) in [5.41, 5.74) is 1.40. The minimum absolute atomic E-state index is 0.0844. The first-order valence-electron chi connectivity index (χ1n) is 9.32. The molecule has 3 aromatic rings. The summed E-state index contributed by atoms with van der Waals surface area (Å²) in [6.07, 6.45) is 5.92. The average molecular weight is 413 g/mol. The van der Waals surface area contributed by atoms with E-state index in [2.05, 4.69) is 20.1 Å². The second-order valence-electron chi connectivity index (χ2n) is 6.52. The van der Waals surface area contributed by atoms with E-state index in [0.717, 1.165) is 12.0 Å². The number of ether oxygens (including phenoxy) is 1. The molecule has 150 valence electrons. The third-order valence-electron chi connectivity index (χ3n) is 4.36. The number of aryl methyl sites for hydroxylation is 1. The van der Waals surface area contributed by atoms with E-state index in [4.69, 9.17) is 9.26 Å². The number of thiazole rings is 1. The molecule has 4 rings (SSSR count). The van der Waals surface area contributed by atoms with Gasteiger partial charge in [-0.3, -0.25) is 19.5 Å². The predicted octanol–water partition coefficient (Wildman–Crippen LogP) is 2.43. The summed E-state index contributed by atoms with van der Waals surface area (Å²) in [6, 6.07) is 3.66. The van der Waals surface area contributed by atoms with E-state index in [-0.39, 0.29) is 24.9 Å². The molecule has 0 spiro atoms. The summed E-state index contributed by atoms with van der Waals surface area (Å²) in [5, 5.41) is 6.37.